The van der Waals surface area contributed by atoms with Crippen molar-refractivity contribution in [2.45, 2.75) is 50.8 Å². The first-order valence-electron chi connectivity index (χ1n) is 13.3. The van der Waals surface area contributed by atoms with E-state index in [1.165, 1.54) is 11.1 Å². The molecule has 0 radical (unpaired) electrons. The Balaban J connectivity index is 1.32. The van der Waals surface area contributed by atoms with E-state index in [9.17, 15) is 5.11 Å². The van der Waals surface area contributed by atoms with Gasteiger partial charge in [0, 0.05) is 30.6 Å². The van der Waals surface area contributed by atoms with E-state index in [4.69, 9.17) is 19.3 Å². The summed E-state index contributed by atoms with van der Waals surface area (Å²) >= 11 is 0. The van der Waals surface area contributed by atoms with Gasteiger partial charge in [0.25, 0.3) is 0 Å². The summed E-state index contributed by atoms with van der Waals surface area (Å²) in [5.74, 6) is 1.91. The van der Waals surface area contributed by atoms with Crippen LogP contribution in [0.2, 0.25) is 0 Å². The lowest BCUT2D eigenvalue weighted by atomic mass is 9.82. The molecule has 6 rings (SSSR count). The second-order valence-electron chi connectivity index (χ2n) is 10.5. The Kier molecular flexibility index (Phi) is 6.74. The summed E-state index contributed by atoms with van der Waals surface area (Å²) in [7, 11) is 1.57. The molecule has 3 atom stereocenters. The number of aryl methyl sites for hydroxylation is 1. The number of nitrogens with zero attached hydrogens (tertiary/aromatic N) is 6. The Bertz CT molecular complexity index is 1260. The number of ether oxygens (including phenoxy) is 3. The maximum atomic E-state index is 9.58. The van der Waals surface area contributed by atoms with Crippen molar-refractivity contribution >= 4 is 16.7 Å². The molecule has 0 saturated carbocycles. The molecular weight excluding hydrogens is 472 g/mol. The topological polar surface area (TPSA) is 98.0 Å². The quantitative estimate of drug-likeness (QED) is 0.538. The van der Waals surface area contributed by atoms with Gasteiger partial charge < -0.3 is 24.2 Å². The van der Waals surface area contributed by atoms with Crippen LogP contribution in [0.15, 0.2) is 24.4 Å². The van der Waals surface area contributed by atoms with Crippen molar-refractivity contribution in [2.24, 2.45) is 0 Å². The summed E-state index contributed by atoms with van der Waals surface area (Å²) in [6.07, 6.45) is 3.96. The van der Waals surface area contributed by atoms with E-state index in [0.29, 0.717) is 43.5 Å². The van der Waals surface area contributed by atoms with Crippen LogP contribution in [0.3, 0.4) is 0 Å². The Hall–Kier alpha value is -2.79. The third kappa shape index (κ3) is 4.67. The minimum absolute atomic E-state index is 0.0243. The molecule has 37 heavy (non-hydrogen) atoms. The van der Waals surface area contributed by atoms with Gasteiger partial charge in [0.2, 0.25) is 0 Å². The van der Waals surface area contributed by atoms with Gasteiger partial charge in [0.1, 0.15) is 5.82 Å². The highest BCUT2D eigenvalue weighted by Gasteiger charge is 2.35. The lowest BCUT2D eigenvalue weighted by molar-refractivity contribution is -0.0862. The molecule has 10 nitrogen and oxygen atoms in total. The van der Waals surface area contributed by atoms with Crippen LogP contribution >= 0.6 is 0 Å². The van der Waals surface area contributed by atoms with Crippen LogP contribution in [-0.2, 0) is 9.47 Å². The zero-order valence-corrected chi connectivity index (χ0v) is 21.8. The minimum Gasteiger partial charge on any atom is -0.467 e. The van der Waals surface area contributed by atoms with E-state index in [0.717, 1.165) is 49.3 Å². The third-order valence-corrected chi connectivity index (χ3v) is 8.16. The smallest absolute Gasteiger partial charge is 0.320 e. The zero-order chi connectivity index (χ0) is 25.5. The standard InChI is InChI=1S/C27H36N6O4/c1-17-8-20-12-28-33(24(20)10-23(17)19-4-5-32(18(2)9-19)21-15-36-16-21)26-11-25(29-27(30-26)35-3)31-6-7-37-22(13-31)14-34/h8,10-12,18-19,21-22,34H,4-7,9,13-16H2,1-3H3/t18?,19?,22-/m1/s1. The average Bonchev–Trinajstić information content (AvgIpc) is 3.30. The monoisotopic (exact) mass is 508 g/mol. The van der Waals surface area contributed by atoms with Gasteiger partial charge in [-0.1, -0.05) is 0 Å². The molecule has 0 bridgehead atoms. The molecule has 10 heteroatoms. The van der Waals surface area contributed by atoms with E-state index < -0.39 is 0 Å². The Morgan fingerprint density at radius 1 is 1.14 bits per heavy atom. The van der Waals surface area contributed by atoms with E-state index in [-0.39, 0.29) is 18.7 Å². The van der Waals surface area contributed by atoms with Crippen molar-refractivity contribution in [2.75, 3.05) is 58.1 Å². The maximum absolute atomic E-state index is 9.58. The highest BCUT2D eigenvalue weighted by Crippen LogP contribution is 2.37. The highest BCUT2D eigenvalue weighted by molar-refractivity contribution is 5.82. The minimum atomic E-state index is -0.236. The van der Waals surface area contributed by atoms with Crippen molar-refractivity contribution in [1.82, 2.24) is 24.6 Å². The number of methoxy groups -OCH3 is 1. The van der Waals surface area contributed by atoms with Gasteiger partial charge >= 0.3 is 6.01 Å². The summed E-state index contributed by atoms with van der Waals surface area (Å²) in [4.78, 5) is 13.9. The fourth-order valence-electron chi connectivity index (χ4n) is 6.06. The number of aliphatic hydroxyl groups excluding tert-OH is 1. The molecule has 2 aromatic heterocycles. The maximum Gasteiger partial charge on any atom is 0.320 e. The number of hydrogen-bond donors (Lipinski definition) is 1. The molecule has 1 N–H and O–H groups in total. The van der Waals surface area contributed by atoms with Gasteiger partial charge in [-0.15, -0.1) is 0 Å². The second kappa shape index (κ2) is 10.2. The first-order valence-corrected chi connectivity index (χ1v) is 13.3. The number of hydrogen-bond acceptors (Lipinski definition) is 9. The van der Waals surface area contributed by atoms with Crippen molar-refractivity contribution in [3.63, 3.8) is 0 Å². The Morgan fingerprint density at radius 2 is 1.97 bits per heavy atom. The molecular formula is C27H36N6O4. The highest BCUT2D eigenvalue weighted by atomic mass is 16.5. The molecule has 3 aromatic rings. The Morgan fingerprint density at radius 3 is 2.70 bits per heavy atom. The van der Waals surface area contributed by atoms with Crippen molar-refractivity contribution in [3.8, 4) is 11.8 Å². The first kappa shape index (κ1) is 24.5. The lowest BCUT2D eigenvalue weighted by Gasteiger charge is -2.45. The summed E-state index contributed by atoms with van der Waals surface area (Å²) in [6, 6.07) is 7.91. The fourth-order valence-corrected chi connectivity index (χ4v) is 6.06. The summed E-state index contributed by atoms with van der Waals surface area (Å²) in [5, 5.41) is 15.4. The number of likely N-dealkylation sites (tertiary alicyclic amines) is 1. The van der Waals surface area contributed by atoms with Gasteiger partial charge in [-0.05, 0) is 62.4 Å². The fraction of sp³-hybridized carbons (Fsp3) is 0.593. The number of fused-ring (bicyclic) bond motifs is 1. The molecule has 3 saturated heterocycles. The molecule has 0 amide bonds. The second-order valence-corrected chi connectivity index (χ2v) is 10.5. The van der Waals surface area contributed by atoms with Crippen LogP contribution in [0.25, 0.3) is 16.7 Å². The van der Waals surface area contributed by atoms with Crippen molar-refractivity contribution in [1.29, 1.82) is 0 Å². The van der Waals surface area contributed by atoms with Gasteiger partial charge in [0.05, 0.1) is 57.4 Å². The van der Waals surface area contributed by atoms with Crippen LogP contribution in [-0.4, -0.2) is 101 Å². The van der Waals surface area contributed by atoms with Crippen LogP contribution < -0.4 is 9.64 Å². The number of morpholine rings is 1. The summed E-state index contributed by atoms with van der Waals surface area (Å²) in [6.45, 7) is 9.16. The van der Waals surface area contributed by atoms with Crippen LogP contribution in [0, 0.1) is 6.92 Å². The van der Waals surface area contributed by atoms with Gasteiger partial charge in [-0.2, -0.15) is 15.1 Å². The van der Waals surface area contributed by atoms with Gasteiger partial charge in [-0.25, -0.2) is 4.68 Å². The number of aromatic nitrogens is 4. The third-order valence-electron chi connectivity index (χ3n) is 8.16. The molecule has 1 aromatic carbocycles. The number of anilines is 1. The molecule has 5 heterocycles. The number of piperidine rings is 1. The van der Waals surface area contributed by atoms with E-state index in [1.54, 1.807) is 7.11 Å². The molecule has 0 spiro atoms. The number of benzene rings is 1. The number of aliphatic hydroxyl groups is 1. The first-order chi connectivity index (χ1) is 18.0. The molecule has 0 aliphatic carbocycles. The van der Waals surface area contributed by atoms with Crippen LogP contribution in [0.1, 0.15) is 36.8 Å². The molecule has 3 aliphatic heterocycles. The van der Waals surface area contributed by atoms with Gasteiger partial charge in [-0.3, -0.25) is 4.90 Å². The predicted octanol–water partition coefficient (Wildman–Crippen LogP) is 2.30. The SMILES string of the molecule is COc1nc(N2CCO[C@@H](CO)C2)cc(-n2ncc3cc(C)c(C4CCN(C5COC5)C(C)C4)cc32)n1. The van der Waals surface area contributed by atoms with Gasteiger partial charge in [0.15, 0.2) is 5.82 Å². The average molecular weight is 509 g/mol. The van der Waals surface area contributed by atoms with Crippen molar-refractivity contribution < 1.29 is 19.3 Å². The lowest BCUT2D eigenvalue weighted by Crippen LogP contribution is -2.55. The van der Waals surface area contributed by atoms with Crippen LogP contribution in [0.4, 0.5) is 5.82 Å². The molecule has 2 unspecified atom stereocenters. The van der Waals surface area contributed by atoms with E-state index in [2.05, 4.69) is 45.7 Å². The molecule has 3 aliphatic rings. The molecule has 3 fully saturated rings. The van der Waals surface area contributed by atoms with E-state index in [1.807, 2.05) is 16.9 Å². The number of rotatable bonds is 6. The van der Waals surface area contributed by atoms with E-state index >= 15 is 0 Å². The van der Waals surface area contributed by atoms with Crippen molar-refractivity contribution in [3.05, 3.63) is 35.5 Å². The zero-order valence-electron chi connectivity index (χ0n) is 21.8. The predicted molar refractivity (Wildman–Crippen MR) is 140 cm³/mol. The largest absolute Gasteiger partial charge is 0.467 e. The Labute approximate surface area is 217 Å². The molecule has 198 valence electrons. The summed E-state index contributed by atoms with van der Waals surface area (Å²) < 4.78 is 18.4. The normalized spacial score (nSPS) is 25.4. The summed E-state index contributed by atoms with van der Waals surface area (Å²) in [5.41, 5.74) is 3.74. The van der Waals surface area contributed by atoms with Crippen LogP contribution in [0.5, 0.6) is 6.01 Å².